The fourth-order valence-corrected chi connectivity index (χ4v) is 7.62. The summed E-state index contributed by atoms with van der Waals surface area (Å²) in [6, 6.07) is 21.4. The van der Waals surface area contributed by atoms with Crippen LogP contribution in [0, 0.1) is 17.2 Å². The zero-order valence-electron chi connectivity index (χ0n) is 27.3. The third-order valence-electron chi connectivity index (χ3n) is 8.98. The van der Waals surface area contributed by atoms with Crippen LogP contribution in [0.15, 0.2) is 84.9 Å². The first kappa shape index (κ1) is 36.9. The summed E-state index contributed by atoms with van der Waals surface area (Å²) in [7, 11) is -4.69. The van der Waals surface area contributed by atoms with Crippen LogP contribution >= 0.6 is 0 Å². The molecule has 10 nitrogen and oxygen atoms in total. The highest BCUT2D eigenvalue weighted by atomic mass is 32.2. The maximum atomic E-state index is 14.7. The largest absolute Gasteiger partial charge is 0.480 e. The van der Waals surface area contributed by atoms with Gasteiger partial charge in [0, 0.05) is 12.5 Å². The van der Waals surface area contributed by atoms with Crippen molar-refractivity contribution in [2.45, 2.75) is 83.7 Å². The number of carbonyl (C=O) groups excluding carboxylic acids is 2. The third kappa shape index (κ3) is 8.93. The van der Waals surface area contributed by atoms with Gasteiger partial charge >= 0.3 is 11.9 Å². The van der Waals surface area contributed by atoms with E-state index in [1.165, 1.54) is 12.1 Å². The first-order valence-corrected chi connectivity index (χ1v) is 17.4. The van der Waals surface area contributed by atoms with Gasteiger partial charge in [-0.15, -0.1) is 0 Å². The van der Waals surface area contributed by atoms with Crippen molar-refractivity contribution >= 4 is 27.9 Å². The van der Waals surface area contributed by atoms with Gasteiger partial charge in [-0.25, -0.2) is 4.39 Å². The van der Waals surface area contributed by atoms with Crippen LogP contribution < -0.4 is 4.72 Å². The van der Waals surface area contributed by atoms with Gasteiger partial charge in [0.15, 0.2) is 5.78 Å². The Morgan fingerprint density at radius 1 is 0.938 bits per heavy atom. The molecule has 3 aromatic carbocycles. The van der Waals surface area contributed by atoms with Crippen molar-refractivity contribution in [3.05, 3.63) is 107 Å². The number of ketones is 1. The second-order valence-electron chi connectivity index (χ2n) is 12.8. The number of carbonyl (C=O) groups is 3. The van der Waals surface area contributed by atoms with Crippen LogP contribution in [0.3, 0.4) is 0 Å². The molecule has 0 radical (unpaired) electrons. The van der Waals surface area contributed by atoms with E-state index in [9.17, 15) is 37.4 Å². The molecular formula is C36H43FN2O8S. The summed E-state index contributed by atoms with van der Waals surface area (Å²) in [5.74, 6) is -4.16. The normalized spacial score (nSPS) is 16.1. The number of hydrogen-bond donors (Lipinski definition) is 3. The molecule has 3 atom stereocenters. The van der Waals surface area contributed by atoms with Crippen molar-refractivity contribution in [1.82, 2.24) is 9.03 Å². The van der Waals surface area contributed by atoms with E-state index in [1.807, 2.05) is 6.07 Å². The van der Waals surface area contributed by atoms with Gasteiger partial charge in [-0.3, -0.25) is 14.4 Å². The van der Waals surface area contributed by atoms with Crippen LogP contribution in [0.25, 0.3) is 0 Å². The Morgan fingerprint density at radius 2 is 1.52 bits per heavy atom. The number of Topliss-reactive ketones (excluding diaryl/α,β-unsaturated/α-hetero) is 1. The van der Waals surface area contributed by atoms with Gasteiger partial charge in [-0.2, -0.15) is 17.4 Å². The Morgan fingerprint density at radius 3 is 2.06 bits per heavy atom. The van der Waals surface area contributed by atoms with E-state index in [-0.39, 0.29) is 38.7 Å². The number of nitrogens with zero attached hydrogens (tertiary/aromatic N) is 1. The maximum absolute atomic E-state index is 14.7. The highest BCUT2D eigenvalue weighted by molar-refractivity contribution is 7.87. The SMILES string of the molecule is CC[C@@H](C(=O)C(CCC(O)c1ccccc1)N(Cc1ccc(F)cc1)S(=O)(=O)NC1(C(=O)O)CC1)C(C)(C)C(=O)OCc1ccccc1. The van der Waals surface area contributed by atoms with Crippen LogP contribution in [0.1, 0.15) is 75.7 Å². The molecule has 1 fully saturated rings. The predicted octanol–water partition coefficient (Wildman–Crippen LogP) is 5.33. The minimum absolute atomic E-state index is 0.0211. The van der Waals surface area contributed by atoms with Crippen LogP contribution in [-0.4, -0.2) is 52.2 Å². The van der Waals surface area contributed by atoms with Crippen LogP contribution in [-0.2, 0) is 42.5 Å². The molecular weight excluding hydrogens is 639 g/mol. The average molecular weight is 683 g/mol. The predicted molar refractivity (Wildman–Crippen MR) is 177 cm³/mol. The lowest BCUT2D eigenvalue weighted by Crippen LogP contribution is -2.56. The fourth-order valence-electron chi connectivity index (χ4n) is 5.86. The minimum atomic E-state index is -4.69. The summed E-state index contributed by atoms with van der Waals surface area (Å²) in [5, 5.41) is 20.9. The van der Waals surface area contributed by atoms with Gasteiger partial charge in [-0.05, 0) is 74.8 Å². The third-order valence-corrected chi connectivity index (χ3v) is 10.6. The lowest BCUT2D eigenvalue weighted by Gasteiger charge is -2.37. The fraction of sp³-hybridized carbons (Fsp3) is 0.417. The summed E-state index contributed by atoms with van der Waals surface area (Å²) in [6.07, 6.45) is -0.967. The van der Waals surface area contributed by atoms with Crippen molar-refractivity contribution in [2.24, 2.45) is 11.3 Å². The van der Waals surface area contributed by atoms with Crippen molar-refractivity contribution in [3.8, 4) is 0 Å². The second-order valence-corrected chi connectivity index (χ2v) is 14.5. The van der Waals surface area contributed by atoms with Gasteiger partial charge in [0.05, 0.1) is 17.6 Å². The molecule has 0 aliphatic heterocycles. The Labute approximate surface area is 281 Å². The van der Waals surface area contributed by atoms with Crippen molar-refractivity contribution in [1.29, 1.82) is 0 Å². The van der Waals surface area contributed by atoms with Gasteiger partial charge < -0.3 is 14.9 Å². The zero-order chi connectivity index (χ0) is 35.1. The number of rotatable bonds is 18. The molecule has 4 rings (SSSR count). The molecule has 1 aliphatic rings. The maximum Gasteiger partial charge on any atom is 0.324 e. The van der Waals surface area contributed by atoms with E-state index in [2.05, 4.69) is 4.72 Å². The highest BCUT2D eigenvalue weighted by Crippen LogP contribution is 2.39. The Balaban J connectivity index is 1.72. The Hall–Kier alpha value is -3.97. The number of nitrogens with one attached hydrogen (secondary N) is 1. The average Bonchev–Trinajstić information content (AvgIpc) is 3.85. The van der Waals surface area contributed by atoms with E-state index < -0.39 is 69.3 Å². The molecule has 0 bridgehead atoms. The molecule has 1 saturated carbocycles. The molecule has 0 spiro atoms. The number of benzene rings is 3. The zero-order valence-corrected chi connectivity index (χ0v) is 28.2. The number of carboxylic acids is 1. The summed E-state index contributed by atoms with van der Waals surface area (Å²) >= 11 is 0. The molecule has 0 heterocycles. The van der Waals surface area contributed by atoms with Crippen molar-refractivity contribution < 1.29 is 42.1 Å². The van der Waals surface area contributed by atoms with Gasteiger partial charge in [0.25, 0.3) is 10.2 Å². The van der Waals surface area contributed by atoms with E-state index in [0.29, 0.717) is 11.1 Å². The first-order valence-electron chi connectivity index (χ1n) is 16.0. The molecule has 258 valence electrons. The quantitative estimate of drug-likeness (QED) is 0.153. The summed E-state index contributed by atoms with van der Waals surface area (Å²) < 4.78 is 50.9. The lowest BCUT2D eigenvalue weighted by atomic mass is 9.72. The second kappa shape index (κ2) is 15.5. The molecule has 0 aromatic heterocycles. The molecule has 0 saturated heterocycles. The van der Waals surface area contributed by atoms with Gasteiger partial charge in [0.2, 0.25) is 0 Å². The Bertz CT molecular complexity index is 1660. The Kier molecular flexibility index (Phi) is 11.9. The highest BCUT2D eigenvalue weighted by Gasteiger charge is 2.55. The van der Waals surface area contributed by atoms with E-state index in [1.54, 1.807) is 75.4 Å². The molecule has 1 aliphatic carbocycles. The number of aliphatic carboxylic acids is 1. The van der Waals surface area contributed by atoms with Gasteiger partial charge in [-0.1, -0.05) is 79.7 Å². The smallest absolute Gasteiger partial charge is 0.324 e. The van der Waals surface area contributed by atoms with Crippen LogP contribution in [0.5, 0.6) is 0 Å². The molecule has 3 N–H and O–H groups in total. The number of esters is 1. The number of carboxylic acid groups (broad SMARTS) is 1. The summed E-state index contributed by atoms with van der Waals surface area (Å²) in [5.41, 5.74) is -1.45. The molecule has 3 aromatic rings. The number of halogens is 1. The monoisotopic (exact) mass is 682 g/mol. The summed E-state index contributed by atoms with van der Waals surface area (Å²) in [6.45, 7) is 4.43. The van der Waals surface area contributed by atoms with E-state index in [4.69, 9.17) is 4.74 Å². The number of aliphatic hydroxyl groups excluding tert-OH is 1. The van der Waals surface area contributed by atoms with Crippen LogP contribution in [0.2, 0.25) is 0 Å². The van der Waals surface area contributed by atoms with Crippen LogP contribution in [0.4, 0.5) is 4.39 Å². The number of hydrogen-bond acceptors (Lipinski definition) is 7. The summed E-state index contributed by atoms with van der Waals surface area (Å²) in [4.78, 5) is 40.3. The molecule has 12 heteroatoms. The van der Waals surface area contributed by atoms with Gasteiger partial charge in [0.1, 0.15) is 18.0 Å². The lowest BCUT2D eigenvalue weighted by molar-refractivity contribution is -0.162. The number of aliphatic hydroxyl groups is 1. The molecule has 0 amide bonds. The first-order chi connectivity index (χ1) is 22.7. The van der Waals surface area contributed by atoms with E-state index in [0.717, 1.165) is 22.0 Å². The number of ether oxygens (including phenoxy) is 1. The molecule has 48 heavy (non-hydrogen) atoms. The molecule has 2 unspecified atom stereocenters. The van der Waals surface area contributed by atoms with Crippen molar-refractivity contribution in [3.63, 3.8) is 0 Å². The minimum Gasteiger partial charge on any atom is -0.480 e. The topological polar surface area (TPSA) is 150 Å². The van der Waals surface area contributed by atoms with E-state index >= 15 is 0 Å². The standard InChI is InChI=1S/C36H43FN2O8S/c1-4-29(35(2,3)34(44)47-24-26-11-7-5-8-12-26)32(41)30(19-20-31(40)27-13-9-6-10-14-27)39(23-25-15-17-28(37)18-16-25)48(45,46)38-36(21-22-36)33(42)43/h5-18,29-31,38,40H,4,19-24H2,1-3H3,(H,42,43)/t29-,30?,31?/m0/s1. The van der Waals surface area contributed by atoms with Crippen molar-refractivity contribution in [2.75, 3.05) is 0 Å².